The van der Waals surface area contributed by atoms with Gasteiger partial charge in [0.1, 0.15) is 0 Å². The zero-order valence-electron chi connectivity index (χ0n) is 20.1. The molecule has 182 valence electrons. The highest BCUT2D eigenvalue weighted by molar-refractivity contribution is 7.99. The van der Waals surface area contributed by atoms with Gasteiger partial charge in [0.25, 0.3) is 5.91 Å². The molecule has 1 aliphatic carbocycles. The first-order chi connectivity index (χ1) is 16.7. The van der Waals surface area contributed by atoms with E-state index in [4.69, 9.17) is 5.10 Å². The van der Waals surface area contributed by atoms with Crippen molar-refractivity contribution >= 4 is 17.7 Å². The summed E-state index contributed by atoms with van der Waals surface area (Å²) in [6, 6.07) is 11.8. The van der Waals surface area contributed by atoms with E-state index in [2.05, 4.69) is 47.1 Å². The number of thioether (sulfide) groups is 1. The van der Waals surface area contributed by atoms with Crippen molar-refractivity contribution in [1.82, 2.24) is 24.9 Å². The number of piperidine rings is 1. The largest absolute Gasteiger partial charge is 0.336 e. The van der Waals surface area contributed by atoms with Crippen LogP contribution in [0.1, 0.15) is 46.6 Å². The van der Waals surface area contributed by atoms with Crippen LogP contribution >= 0.6 is 11.8 Å². The lowest BCUT2D eigenvalue weighted by atomic mass is 9.89. The molecular formula is C27H37N5OS. The third kappa shape index (κ3) is 5.42. The number of benzene rings is 1. The topological polar surface area (TPSA) is 53.4 Å². The van der Waals surface area contributed by atoms with E-state index in [0.717, 1.165) is 63.5 Å². The van der Waals surface area contributed by atoms with Gasteiger partial charge in [-0.1, -0.05) is 36.4 Å². The zero-order chi connectivity index (χ0) is 23.3. The van der Waals surface area contributed by atoms with E-state index in [1.54, 1.807) is 0 Å². The number of hydrogen-bond donors (Lipinski definition) is 1. The molecule has 0 spiro atoms. The normalized spacial score (nSPS) is 21.9. The number of allylic oxidation sites excluding steroid dienone is 1. The third-order valence-electron chi connectivity index (χ3n) is 7.46. The smallest absolute Gasteiger partial charge is 0.274 e. The summed E-state index contributed by atoms with van der Waals surface area (Å²) in [5.41, 5.74) is 4.50. The van der Waals surface area contributed by atoms with E-state index in [1.165, 1.54) is 29.7 Å². The molecule has 1 N–H and O–H groups in total. The molecule has 1 amide bonds. The fraction of sp³-hybridized carbons (Fsp3) is 0.556. The molecule has 5 rings (SSSR count). The van der Waals surface area contributed by atoms with Gasteiger partial charge in [0, 0.05) is 54.5 Å². The van der Waals surface area contributed by atoms with Crippen molar-refractivity contribution in [3.8, 4) is 0 Å². The fourth-order valence-corrected chi connectivity index (χ4v) is 6.53. The van der Waals surface area contributed by atoms with Gasteiger partial charge in [-0.3, -0.25) is 14.4 Å². The van der Waals surface area contributed by atoms with E-state index < -0.39 is 0 Å². The van der Waals surface area contributed by atoms with Gasteiger partial charge < -0.3 is 10.2 Å². The maximum absolute atomic E-state index is 13.4. The van der Waals surface area contributed by atoms with E-state index in [-0.39, 0.29) is 5.91 Å². The molecule has 34 heavy (non-hydrogen) atoms. The van der Waals surface area contributed by atoms with E-state index >= 15 is 0 Å². The number of carbonyl (C=O) groups is 1. The van der Waals surface area contributed by atoms with Crippen molar-refractivity contribution in [2.45, 2.75) is 57.3 Å². The molecule has 0 bridgehead atoms. The second kappa shape index (κ2) is 11.1. The number of nitrogens with one attached hydrogen (secondary N) is 1. The van der Waals surface area contributed by atoms with Crippen LogP contribution in [0, 0.1) is 0 Å². The maximum Gasteiger partial charge on any atom is 0.274 e. The molecule has 2 aliphatic heterocycles. The molecule has 2 saturated heterocycles. The minimum atomic E-state index is 0.120. The van der Waals surface area contributed by atoms with Gasteiger partial charge in [-0.2, -0.15) is 16.9 Å². The molecular weight excluding hydrogens is 442 g/mol. The molecule has 7 heteroatoms. The molecule has 0 radical (unpaired) electrons. The van der Waals surface area contributed by atoms with E-state index in [1.807, 2.05) is 27.4 Å². The van der Waals surface area contributed by atoms with Gasteiger partial charge in [-0.25, -0.2) is 0 Å². The number of likely N-dealkylation sites (tertiary alicyclic amines) is 1. The highest BCUT2D eigenvalue weighted by Crippen LogP contribution is 2.28. The first-order valence-electron chi connectivity index (χ1n) is 12.8. The van der Waals surface area contributed by atoms with Crippen LogP contribution in [0.15, 0.2) is 43.0 Å². The second-order valence-corrected chi connectivity index (χ2v) is 11.0. The molecule has 1 aromatic carbocycles. The zero-order valence-corrected chi connectivity index (χ0v) is 20.9. The first-order valence-corrected chi connectivity index (χ1v) is 14.0. The molecule has 0 saturated carbocycles. The Morgan fingerprint density at radius 1 is 1.09 bits per heavy atom. The second-order valence-electron chi connectivity index (χ2n) is 9.79. The Kier molecular flexibility index (Phi) is 7.72. The fourth-order valence-electron chi connectivity index (χ4n) is 5.62. The summed E-state index contributed by atoms with van der Waals surface area (Å²) in [7, 11) is 0. The van der Waals surface area contributed by atoms with E-state index in [0.29, 0.717) is 24.3 Å². The highest BCUT2D eigenvalue weighted by atomic mass is 32.2. The standard InChI is InChI=1S/C27H37N5OS/c1-2-12-32-25-9-8-23(19-24(25)26(29-32)27(33)31-15-17-34-18-16-31)28-22-10-13-30(14-11-22)20-21-6-4-3-5-7-21/h2-7,22-23,28H,1,8-20H2. The molecule has 6 nitrogen and oxygen atoms in total. The van der Waals surface area contributed by atoms with Crippen molar-refractivity contribution in [1.29, 1.82) is 0 Å². The van der Waals surface area contributed by atoms with Crippen LogP contribution in [-0.4, -0.2) is 75.3 Å². The Hall–Kier alpha value is -2.09. The van der Waals surface area contributed by atoms with Gasteiger partial charge in [-0.05, 0) is 50.8 Å². The monoisotopic (exact) mass is 479 g/mol. The number of amides is 1. The molecule has 3 aliphatic rings. The number of rotatable bonds is 7. The summed E-state index contributed by atoms with van der Waals surface area (Å²) in [6.07, 6.45) is 7.23. The summed E-state index contributed by atoms with van der Waals surface area (Å²) in [6.45, 7) is 9.55. The maximum atomic E-state index is 13.4. The van der Waals surface area contributed by atoms with Gasteiger partial charge in [0.2, 0.25) is 0 Å². The van der Waals surface area contributed by atoms with Gasteiger partial charge in [0.05, 0.1) is 6.54 Å². The number of aromatic nitrogens is 2. The summed E-state index contributed by atoms with van der Waals surface area (Å²) < 4.78 is 2.02. The number of nitrogens with zero attached hydrogens (tertiary/aromatic N) is 4. The number of carbonyl (C=O) groups excluding carboxylic acids is 1. The Morgan fingerprint density at radius 2 is 1.85 bits per heavy atom. The molecule has 3 heterocycles. The number of hydrogen-bond acceptors (Lipinski definition) is 5. The van der Waals surface area contributed by atoms with Crippen LogP contribution in [0.2, 0.25) is 0 Å². The average molecular weight is 480 g/mol. The number of fused-ring (bicyclic) bond motifs is 1. The lowest BCUT2D eigenvalue weighted by molar-refractivity contribution is 0.0764. The predicted octanol–water partition coefficient (Wildman–Crippen LogP) is 3.37. The lowest BCUT2D eigenvalue weighted by Gasteiger charge is -2.36. The van der Waals surface area contributed by atoms with Crippen molar-refractivity contribution in [3.63, 3.8) is 0 Å². The van der Waals surface area contributed by atoms with Crippen LogP contribution in [0.3, 0.4) is 0 Å². The molecule has 1 aromatic heterocycles. The third-order valence-corrected chi connectivity index (χ3v) is 8.40. The van der Waals surface area contributed by atoms with Gasteiger partial charge in [-0.15, -0.1) is 6.58 Å². The highest BCUT2D eigenvalue weighted by Gasteiger charge is 2.32. The van der Waals surface area contributed by atoms with Crippen molar-refractivity contribution in [2.24, 2.45) is 0 Å². The van der Waals surface area contributed by atoms with Crippen LogP contribution in [0.5, 0.6) is 0 Å². The Morgan fingerprint density at radius 3 is 2.59 bits per heavy atom. The summed E-state index contributed by atoms with van der Waals surface area (Å²) in [5.74, 6) is 2.16. The van der Waals surface area contributed by atoms with Gasteiger partial charge in [0.15, 0.2) is 5.69 Å². The summed E-state index contributed by atoms with van der Waals surface area (Å²) in [5, 5.41) is 8.76. The SMILES string of the molecule is C=CCn1nc(C(=O)N2CCSCC2)c2c1CCC(NC1CCN(Cc3ccccc3)CC1)C2. The molecule has 2 fully saturated rings. The average Bonchev–Trinajstić information content (AvgIpc) is 3.24. The van der Waals surface area contributed by atoms with Crippen molar-refractivity contribution < 1.29 is 4.79 Å². The summed E-state index contributed by atoms with van der Waals surface area (Å²) in [4.78, 5) is 17.9. The Labute approximate surface area is 207 Å². The Bertz CT molecular complexity index is 976. The van der Waals surface area contributed by atoms with Crippen molar-refractivity contribution in [3.05, 3.63) is 65.5 Å². The summed E-state index contributed by atoms with van der Waals surface area (Å²) >= 11 is 1.93. The minimum absolute atomic E-state index is 0.120. The molecule has 1 unspecified atom stereocenters. The van der Waals surface area contributed by atoms with Crippen molar-refractivity contribution in [2.75, 3.05) is 37.7 Å². The predicted molar refractivity (Wildman–Crippen MR) is 139 cm³/mol. The quantitative estimate of drug-likeness (QED) is 0.617. The minimum Gasteiger partial charge on any atom is -0.336 e. The van der Waals surface area contributed by atoms with Crippen LogP contribution < -0.4 is 5.32 Å². The van der Waals surface area contributed by atoms with Gasteiger partial charge >= 0.3 is 0 Å². The van der Waals surface area contributed by atoms with Crippen LogP contribution in [-0.2, 0) is 25.9 Å². The van der Waals surface area contributed by atoms with Crippen LogP contribution in [0.25, 0.3) is 0 Å². The molecule has 2 aromatic rings. The van der Waals surface area contributed by atoms with E-state index in [9.17, 15) is 4.79 Å². The first kappa shape index (κ1) is 23.6. The molecule has 1 atom stereocenters. The lowest BCUT2D eigenvalue weighted by Crippen LogP contribution is -2.47. The van der Waals surface area contributed by atoms with Crippen LogP contribution in [0.4, 0.5) is 0 Å². The Balaban J connectivity index is 1.21.